The Hall–Kier alpha value is -1.32. The van der Waals surface area contributed by atoms with Gasteiger partial charge in [0.05, 0.1) is 0 Å². The Morgan fingerprint density at radius 3 is 2.76 bits per heavy atom. The summed E-state index contributed by atoms with van der Waals surface area (Å²) < 4.78 is 0. The van der Waals surface area contributed by atoms with Crippen molar-refractivity contribution in [1.82, 2.24) is 15.2 Å². The van der Waals surface area contributed by atoms with Crippen LogP contribution in [0.4, 0.5) is 0 Å². The molecule has 0 bridgehead atoms. The molecular formula is C18H29N3. The number of benzene rings is 1. The molecule has 2 aromatic rings. The lowest BCUT2D eigenvalue weighted by atomic mass is 10.1. The zero-order chi connectivity index (χ0) is 15.1. The molecule has 2 rings (SSSR count). The highest BCUT2D eigenvalue weighted by atomic mass is 15.1. The lowest BCUT2D eigenvalue weighted by molar-refractivity contribution is 0.290. The summed E-state index contributed by atoms with van der Waals surface area (Å²) in [5, 5.41) is 4.99. The van der Waals surface area contributed by atoms with E-state index in [4.69, 9.17) is 0 Å². The topological polar surface area (TPSA) is 31.1 Å². The van der Waals surface area contributed by atoms with Crippen LogP contribution in [0.15, 0.2) is 30.5 Å². The standard InChI is InChI=1S/C18H29N3/c1-4-21(5-2)13-7-8-15(3)20-14-16-9-6-10-18-17(16)11-12-19-18/h6,9-12,15,19-20H,4-5,7-8,13-14H2,1-3H3. The van der Waals surface area contributed by atoms with Gasteiger partial charge in [-0.25, -0.2) is 0 Å². The van der Waals surface area contributed by atoms with Gasteiger partial charge in [-0.05, 0) is 57.1 Å². The maximum absolute atomic E-state index is 3.66. The first-order valence-electron chi connectivity index (χ1n) is 8.25. The number of hydrogen-bond donors (Lipinski definition) is 2. The van der Waals surface area contributed by atoms with Gasteiger partial charge in [0.25, 0.3) is 0 Å². The highest BCUT2D eigenvalue weighted by Gasteiger charge is 2.06. The fraction of sp³-hybridized carbons (Fsp3) is 0.556. The number of nitrogens with one attached hydrogen (secondary N) is 2. The summed E-state index contributed by atoms with van der Waals surface area (Å²) >= 11 is 0. The summed E-state index contributed by atoms with van der Waals surface area (Å²) in [6, 6.07) is 9.20. The minimum Gasteiger partial charge on any atom is -0.361 e. The lowest BCUT2D eigenvalue weighted by Gasteiger charge is -2.20. The first-order chi connectivity index (χ1) is 10.2. The number of aromatic nitrogens is 1. The van der Waals surface area contributed by atoms with E-state index < -0.39 is 0 Å². The van der Waals surface area contributed by atoms with Crippen LogP contribution in [-0.2, 0) is 6.54 Å². The van der Waals surface area contributed by atoms with E-state index in [9.17, 15) is 0 Å². The Balaban J connectivity index is 1.76. The van der Waals surface area contributed by atoms with Crippen molar-refractivity contribution >= 4 is 10.9 Å². The minimum atomic E-state index is 0.565. The van der Waals surface area contributed by atoms with Crippen LogP contribution >= 0.6 is 0 Å². The second-order valence-electron chi connectivity index (χ2n) is 5.81. The van der Waals surface area contributed by atoms with Crippen molar-refractivity contribution in [2.75, 3.05) is 19.6 Å². The zero-order valence-corrected chi connectivity index (χ0v) is 13.7. The van der Waals surface area contributed by atoms with Crippen LogP contribution in [0.25, 0.3) is 10.9 Å². The van der Waals surface area contributed by atoms with Gasteiger partial charge >= 0.3 is 0 Å². The Morgan fingerprint density at radius 2 is 2.00 bits per heavy atom. The third kappa shape index (κ3) is 4.58. The zero-order valence-electron chi connectivity index (χ0n) is 13.7. The van der Waals surface area contributed by atoms with Gasteiger partial charge in [0.15, 0.2) is 0 Å². The van der Waals surface area contributed by atoms with Gasteiger partial charge in [-0.1, -0.05) is 26.0 Å². The molecule has 0 spiro atoms. The molecule has 0 aliphatic rings. The predicted molar refractivity (Wildman–Crippen MR) is 91.6 cm³/mol. The maximum Gasteiger partial charge on any atom is 0.0457 e. The summed E-state index contributed by atoms with van der Waals surface area (Å²) in [5.41, 5.74) is 2.60. The Bertz CT molecular complexity index is 528. The monoisotopic (exact) mass is 287 g/mol. The normalized spacial score (nSPS) is 13.1. The van der Waals surface area contributed by atoms with E-state index in [1.807, 2.05) is 6.20 Å². The molecule has 0 radical (unpaired) electrons. The quantitative estimate of drug-likeness (QED) is 0.735. The summed E-state index contributed by atoms with van der Waals surface area (Å²) in [4.78, 5) is 5.77. The number of fused-ring (bicyclic) bond motifs is 1. The first-order valence-corrected chi connectivity index (χ1v) is 8.25. The molecule has 0 amide bonds. The number of nitrogens with zero attached hydrogens (tertiary/aromatic N) is 1. The van der Waals surface area contributed by atoms with Crippen molar-refractivity contribution in [2.45, 2.75) is 46.2 Å². The highest BCUT2D eigenvalue weighted by molar-refractivity contribution is 5.82. The second kappa shape index (κ2) is 8.20. The number of hydrogen-bond acceptors (Lipinski definition) is 2. The third-order valence-electron chi connectivity index (χ3n) is 4.33. The fourth-order valence-electron chi connectivity index (χ4n) is 2.85. The fourth-order valence-corrected chi connectivity index (χ4v) is 2.85. The number of aromatic amines is 1. The molecule has 0 saturated heterocycles. The molecule has 1 unspecified atom stereocenters. The van der Waals surface area contributed by atoms with E-state index in [-0.39, 0.29) is 0 Å². The molecule has 0 aliphatic carbocycles. The molecule has 1 heterocycles. The van der Waals surface area contributed by atoms with Gasteiger partial charge < -0.3 is 15.2 Å². The van der Waals surface area contributed by atoms with Crippen LogP contribution in [0, 0.1) is 0 Å². The molecule has 116 valence electrons. The Labute approximate surface area is 128 Å². The van der Waals surface area contributed by atoms with Gasteiger partial charge in [0, 0.05) is 29.7 Å². The third-order valence-corrected chi connectivity index (χ3v) is 4.33. The molecule has 1 aromatic heterocycles. The van der Waals surface area contributed by atoms with Crippen molar-refractivity contribution in [3.05, 3.63) is 36.0 Å². The van der Waals surface area contributed by atoms with Crippen LogP contribution in [-0.4, -0.2) is 35.6 Å². The number of H-pyrrole nitrogens is 1. The molecule has 0 aliphatic heterocycles. The summed E-state index contributed by atoms with van der Waals surface area (Å²) in [6.45, 7) is 11.3. The van der Waals surface area contributed by atoms with Crippen molar-refractivity contribution in [2.24, 2.45) is 0 Å². The SMILES string of the molecule is CCN(CC)CCCC(C)NCc1cccc2[nH]ccc12. The van der Waals surface area contributed by atoms with Crippen LogP contribution in [0.3, 0.4) is 0 Å². The second-order valence-corrected chi connectivity index (χ2v) is 5.81. The van der Waals surface area contributed by atoms with Crippen molar-refractivity contribution in [3.63, 3.8) is 0 Å². The van der Waals surface area contributed by atoms with Crippen LogP contribution in [0.2, 0.25) is 0 Å². The maximum atomic E-state index is 3.66. The molecule has 1 aromatic carbocycles. The molecule has 21 heavy (non-hydrogen) atoms. The average Bonchev–Trinajstić information content (AvgIpc) is 2.98. The van der Waals surface area contributed by atoms with Gasteiger partial charge in [-0.2, -0.15) is 0 Å². The van der Waals surface area contributed by atoms with Gasteiger partial charge in [-0.15, -0.1) is 0 Å². The molecule has 1 atom stereocenters. The van der Waals surface area contributed by atoms with Crippen LogP contribution in [0.1, 0.15) is 39.2 Å². The average molecular weight is 287 g/mol. The molecule has 2 N–H and O–H groups in total. The minimum absolute atomic E-state index is 0.565. The highest BCUT2D eigenvalue weighted by Crippen LogP contribution is 2.17. The number of rotatable bonds is 9. The summed E-state index contributed by atoms with van der Waals surface area (Å²) in [6.07, 6.45) is 4.52. The molecule has 0 saturated carbocycles. The first kappa shape index (κ1) is 16.1. The molecule has 3 heteroatoms. The van der Waals surface area contributed by atoms with Crippen molar-refractivity contribution in [1.29, 1.82) is 0 Å². The van der Waals surface area contributed by atoms with Crippen molar-refractivity contribution in [3.8, 4) is 0 Å². The van der Waals surface area contributed by atoms with Gasteiger partial charge in [0.1, 0.15) is 0 Å². The van der Waals surface area contributed by atoms with E-state index in [0.29, 0.717) is 6.04 Å². The van der Waals surface area contributed by atoms with Crippen LogP contribution in [0.5, 0.6) is 0 Å². The Kier molecular flexibility index (Phi) is 6.27. The predicted octanol–water partition coefficient (Wildman–Crippen LogP) is 3.77. The van der Waals surface area contributed by atoms with Gasteiger partial charge in [0.2, 0.25) is 0 Å². The van der Waals surface area contributed by atoms with E-state index in [1.54, 1.807) is 0 Å². The van der Waals surface area contributed by atoms with E-state index in [2.05, 4.69) is 60.2 Å². The Morgan fingerprint density at radius 1 is 1.19 bits per heavy atom. The van der Waals surface area contributed by atoms with Gasteiger partial charge in [-0.3, -0.25) is 0 Å². The molecule has 3 nitrogen and oxygen atoms in total. The summed E-state index contributed by atoms with van der Waals surface area (Å²) in [5.74, 6) is 0. The molecule has 0 fully saturated rings. The summed E-state index contributed by atoms with van der Waals surface area (Å²) in [7, 11) is 0. The lowest BCUT2D eigenvalue weighted by Crippen LogP contribution is -2.28. The van der Waals surface area contributed by atoms with Crippen molar-refractivity contribution < 1.29 is 0 Å². The van der Waals surface area contributed by atoms with E-state index in [1.165, 1.54) is 35.9 Å². The van der Waals surface area contributed by atoms with E-state index >= 15 is 0 Å². The van der Waals surface area contributed by atoms with E-state index in [0.717, 1.165) is 19.6 Å². The van der Waals surface area contributed by atoms with Crippen LogP contribution < -0.4 is 5.32 Å². The smallest absolute Gasteiger partial charge is 0.0457 e. The molecular weight excluding hydrogens is 258 g/mol. The largest absolute Gasteiger partial charge is 0.361 e.